The van der Waals surface area contributed by atoms with Gasteiger partial charge in [0.05, 0.1) is 6.61 Å². The van der Waals surface area contributed by atoms with Crippen LogP contribution in [0.4, 0.5) is 0 Å². The van der Waals surface area contributed by atoms with E-state index >= 15 is 0 Å². The molecule has 87 heavy (non-hydrogen) atoms. The molecule has 504 valence electrons. The molecule has 1 unspecified atom stereocenters. The number of unbranched alkanes of at least 4 members (excludes halogenated alkanes) is 47. The van der Waals surface area contributed by atoms with Gasteiger partial charge in [0, 0.05) is 12.8 Å². The molecule has 0 aliphatic rings. The molecule has 1 N–H and O–H groups in total. The van der Waals surface area contributed by atoms with Crippen LogP contribution in [-0.2, 0) is 19.1 Å². The minimum Gasteiger partial charge on any atom is -0.462 e. The number of carbonyl (C=O) groups excluding carboxylic acids is 2. The number of carbonyl (C=O) groups is 2. The fraction of sp³-hybridized carbons (Fsp3) is 0.780. The second-order valence-corrected chi connectivity index (χ2v) is 25.7. The van der Waals surface area contributed by atoms with E-state index in [0.29, 0.717) is 12.8 Å². The molecule has 0 rings (SSSR count). The highest BCUT2D eigenvalue weighted by molar-refractivity contribution is 5.70. The highest BCUT2D eigenvalue weighted by atomic mass is 16.6. The van der Waals surface area contributed by atoms with Crippen LogP contribution in [0.3, 0.4) is 0 Å². The summed E-state index contributed by atoms with van der Waals surface area (Å²) in [5.74, 6) is -0.588. The van der Waals surface area contributed by atoms with Crippen molar-refractivity contribution in [3.8, 4) is 0 Å². The first-order chi connectivity index (χ1) is 43.1. The van der Waals surface area contributed by atoms with Gasteiger partial charge in [-0.25, -0.2) is 0 Å². The summed E-state index contributed by atoms with van der Waals surface area (Å²) >= 11 is 0. The van der Waals surface area contributed by atoms with Crippen molar-refractivity contribution in [2.75, 3.05) is 13.2 Å². The third-order valence-electron chi connectivity index (χ3n) is 17.1. The molecular weight excluding hydrogens is 1060 g/mol. The largest absolute Gasteiger partial charge is 0.462 e. The molecule has 0 radical (unpaired) electrons. The highest BCUT2D eigenvalue weighted by Crippen LogP contribution is 2.19. The number of hydrogen-bond donors (Lipinski definition) is 1. The van der Waals surface area contributed by atoms with E-state index in [1.54, 1.807) is 0 Å². The molecule has 0 aromatic heterocycles. The quantitative estimate of drug-likeness (QED) is 0.0373. The second-order valence-electron chi connectivity index (χ2n) is 25.7. The Kier molecular flexibility index (Phi) is 74.2. The average molecular weight is 1210 g/mol. The van der Waals surface area contributed by atoms with Gasteiger partial charge in [0.25, 0.3) is 0 Å². The van der Waals surface area contributed by atoms with Crippen molar-refractivity contribution in [2.45, 2.75) is 399 Å². The van der Waals surface area contributed by atoms with Crippen molar-refractivity contribution < 1.29 is 24.2 Å². The van der Waals surface area contributed by atoms with Crippen LogP contribution in [0.2, 0.25) is 0 Å². The van der Waals surface area contributed by atoms with Gasteiger partial charge in [-0.2, -0.15) is 0 Å². The SMILES string of the molecule is CC/C=C\C/C=C\C/C=C\C/C=C\C/C=C\C/C=C\C/C=C\C/C=C\CCCCCCCCCCC(=O)OC(CO)COC(=O)CCCCCCCCCCCCCCCCCCCCCCCCCCCCCCCCCCCCCCCCCC. The standard InChI is InChI=1S/C82H146O5/c1-3-5-7-9-11-13-15-17-19-21-23-25-27-29-31-33-35-37-38-39-40-41-42-43-45-46-48-50-52-54-56-58-60-62-64-66-68-70-72-74-76-81(84)86-79-80(78-83)87-82(85)77-75-73-71-69-67-65-63-61-59-57-55-53-51-49-47-44-36-34-32-30-28-26-24-22-20-18-16-14-12-10-8-6-4-2/h6,8,12,14,18,20,24,26,30,32,36,44,49,51,55,57,80,83H,3-5,7,9-11,13,15-17,19,21-23,25,27-29,31,33-35,37-43,45-48,50,52-54,56,58-79H2,1-2H3/b8-6-,14-12-,20-18-,26-24-,32-30-,44-36-,51-49-,57-55-. The summed E-state index contributed by atoms with van der Waals surface area (Å²) < 4.78 is 10.8. The molecule has 1 atom stereocenters. The number of esters is 2. The van der Waals surface area contributed by atoms with E-state index in [1.807, 2.05) is 0 Å². The van der Waals surface area contributed by atoms with Crippen LogP contribution in [0.15, 0.2) is 97.2 Å². The Labute approximate surface area is 542 Å². The fourth-order valence-corrected chi connectivity index (χ4v) is 11.5. The van der Waals surface area contributed by atoms with E-state index in [9.17, 15) is 14.7 Å². The molecule has 0 heterocycles. The van der Waals surface area contributed by atoms with Crippen LogP contribution in [0.1, 0.15) is 393 Å². The third kappa shape index (κ3) is 75.2. The van der Waals surface area contributed by atoms with Gasteiger partial charge in [0.1, 0.15) is 6.61 Å². The summed E-state index contributed by atoms with van der Waals surface area (Å²) in [6.07, 6.45) is 111. The monoisotopic (exact) mass is 1210 g/mol. The van der Waals surface area contributed by atoms with Crippen LogP contribution in [0.25, 0.3) is 0 Å². The van der Waals surface area contributed by atoms with Crippen LogP contribution >= 0.6 is 0 Å². The summed E-state index contributed by atoms with van der Waals surface area (Å²) in [5, 5.41) is 9.72. The fourth-order valence-electron chi connectivity index (χ4n) is 11.5. The van der Waals surface area contributed by atoms with Crippen molar-refractivity contribution in [2.24, 2.45) is 0 Å². The molecule has 0 aliphatic heterocycles. The van der Waals surface area contributed by atoms with E-state index < -0.39 is 6.10 Å². The Bertz CT molecular complexity index is 1610. The third-order valence-corrected chi connectivity index (χ3v) is 17.1. The van der Waals surface area contributed by atoms with Crippen molar-refractivity contribution in [1.29, 1.82) is 0 Å². The molecule has 0 saturated carbocycles. The van der Waals surface area contributed by atoms with E-state index in [-0.39, 0.29) is 25.2 Å². The predicted molar refractivity (Wildman–Crippen MR) is 385 cm³/mol. The lowest BCUT2D eigenvalue weighted by molar-refractivity contribution is -0.161. The number of ether oxygens (including phenoxy) is 2. The van der Waals surface area contributed by atoms with Gasteiger partial charge in [0.15, 0.2) is 6.10 Å². The van der Waals surface area contributed by atoms with Gasteiger partial charge in [-0.15, -0.1) is 0 Å². The Morgan fingerprint density at radius 3 is 0.747 bits per heavy atom. The minimum absolute atomic E-state index is 0.0700. The summed E-state index contributed by atoms with van der Waals surface area (Å²) in [6, 6.07) is 0. The molecule has 5 heteroatoms. The molecule has 5 nitrogen and oxygen atoms in total. The smallest absolute Gasteiger partial charge is 0.306 e. The zero-order valence-electron chi connectivity index (χ0n) is 58.0. The maximum atomic E-state index is 12.4. The predicted octanol–water partition coefficient (Wildman–Crippen LogP) is 26.9. The van der Waals surface area contributed by atoms with Crippen molar-refractivity contribution in [3.63, 3.8) is 0 Å². The summed E-state index contributed by atoms with van der Waals surface area (Å²) in [7, 11) is 0. The maximum absolute atomic E-state index is 12.4. The van der Waals surface area contributed by atoms with Crippen LogP contribution in [0.5, 0.6) is 0 Å². The molecule has 0 amide bonds. The van der Waals surface area contributed by atoms with Gasteiger partial charge < -0.3 is 14.6 Å². The molecule has 0 aliphatic carbocycles. The molecule has 0 bridgehead atoms. The van der Waals surface area contributed by atoms with E-state index in [1.165, 1.54) is 270 Å². The lowest BCUT2D eigenvalue weighted by Crippen LogP contribution is -2.28. The summed E-state index contributed by atoms with van der Waals surface area (Å²) in [4.78, 5) is 24.7. The number of rotatable bonds is 71. The summed E-state index contributed by atoms with van der Waals surface area (Å²) in [5.41, 5.74) is 0. The second kappa shape index (κ2) is 77.1. The van der Waals surface area contributed by atoms with Crippen LogP contribution < -0.4 is 0 Å². The number of hydrogen-bond acceptors (Lipinski definition) is 5. The van der Waals surface area contributed by atoms with Gasteiger partial charge in [-0.3, -0.25) is 9.59 Å². The molecule has 0 aromatic rings. The molecule has 0 saturated heterocycles. The van der Waals surface area contributed by atoms with Crippen LogP contribution in [0, 0.1) is 0 Å². The van der Waals surface area contributed by atoms with Gasteiger partial charge in [-0.1, -0.05) is 400 Å². The van der Waals surface area contributed by atoms with E-state index in [2.05, 4.69) is 111 Å². The number of aliphatic hydroxyl groups excluding tert-OH is 1. The topological polar surface area (TPSA) is 72.8 Å². The molecule has 0 spiro atoms. The van der Waals surface area contributed by atoms with Crippen molar-refractivity contribution in [3.05, 3.63) is 97.2 Å². The maximum Gasteiger partial charge on any atom is 0.306 e. The van der Waals surface area contributed by atoms with Crippen molar-refractivity contribution in [1.82, 2.24) is 0 Å². The van der Waals surface area contributed by atoms with Crippen LogP contribution in [-0.4, -0.2) is 36.4 Å². The molecular formula is C82H146O5. The first-order valence-corrected chi connectivity index (χ1v) is 38.3. The summed E-state index contributed by atoms with van der Waals surface area (Å²) in [6.45, 7) is 4.07. The first-order valence-electron chi connectivity index (χ1n) is 38.3. The van der Waals surface area contributed by atoms with E-state index in [0.717, 1.165) is 96.3 Å². The Morgan fingerprint density at radius 1 is 0.276 bits per heavy atom. The molecule has 0 aromatic carbocycles. The van der Waals surface area contributed by atoms with E-state index in [4.69, 9.17) is 9.47 Å². The molecule has 0 fully saturated rings. The normalized spacial score (nSPS) is 12.7. The number of allylic oxidation sites excluding steroid dienone is 16. The lowest BCUT2D eigenvalue weighted by Gasteiger charge is -2.15. The lowest BCUT2D eigenvalue weighted by atomic mass is 10.0. The van der Waals surface area contributed by atoms with Crippen molar-refractivity contribution >= 4 is 11.9 Å². The van der Waals surface area contributed by atoms with Gasteiger partial charge in [0.2, 0.25) is 0 Å². The first kappa shape index (κ1) is 83.8. The Balaban J connectivity index is 3.44. The Hall–Kier alpha value is -3.18. The van der Waals surface area contributed by atoms with Gasteiger partial charge in [-0.05, 0) is 77.0 Å². The minimum atomic E-state index is -0.783. The Morgan fingerprint density at radius 2 is 0.494 bits per heavy atom. The van der Waals surface area contributed by atoms with Gasteiger partial charge >= 0.3 is 11.9 Å². The average Bonchev–Trinajstić information content (AvgIpc) is 3.53. The highest BCUT2D eigenvalue weighted by Gasteiger charge is 2.16. The number of aliphatic hydroxyl groups is 1. The zero-order chi connectivity index (χ0) is 62.6. The zero-order valence-corrected chi connectivity index (χ0v) is 58.0.